The van der Waals surface area contributed by atoms with E-state index in [0.717, 1.165) is 5.69 Å². The van der Waals surface area contributed by atoms with E-state index in [9.17, 15) is 0 Å². The molecule has 5 nitrogen and oxygen atoms in total. The van der Waals surface area contributed by atoms with Crippen LogP contribution >= 0.6 is 12.2 Å². The number of aromatic nitrogens is 3. The van der Waals surface area contributed by atoms with Crippen LogP contribution < -0.4 is 11.1 Å². The Labute approximate surface area is 104 Å². The lowest BCUT2D eigenvalue weighted by atomic mass is 10.3. The lowest BCUT2D eigenvalue weighted by Crippen LogP contribution is -2.13. The van der Waals surface area contributed by atoms with Crippen molar-refractivity contribution in [3.8, 4) is 0 Å². The molecule has 6 heteroatoms. The van der Waals surface area contributed by atoms with Crippen molar-refractivity contribution in [2.75, 3.05) is 5.32 Å². The zero-order chi connectivity index (χ0) is 12.1. The van der Waals surface area contributed by atoms with Gasteiger partial charge >= 0.3 is 0 Å². The summed E-state index contributed by atoms with van der Waals surface area (Å²) in [4.78, 5) is 4.55. The van der Waals surface area contributed by atoms with Crippen molar-refractivity contribution in [1.82, 2.24) is 15.2 Å². The Morgan fingerprint density at radius 3 is 2.88 bits per heavy atom. The van der Waals surface area contributed by atoms with E-state index in [1.54, 1.807) is 12.3 Å². The molecule has 0 aliphatic carbocycles. The molecule has 2 heterocycles. The lowest BCUT2D eigenvalue weighted by molar-refractivity contribution is 0.920. The first kappa shape index (κ1) is 11.4. The topological polar surface area (TPSA) is 76.7 Å². The van der Waals surface area contributed by atoms with Gasteiger partial charge in [0.05, 0.1) is 17.9 Å². The molecule has 86 valence electrons. The molecule has 2 aromatic heterocycles. The number of hydrogen-bond donors (Lipinski definition) is 2. The summed E-state index contributed by atoms with van der Waals surface area (Å²) >= 11 is 4.86. The molecule has 0 saturated carbocycles. The zero-order valence-corrected chi connectivity index (χ0v) is 9.81. The summed E-state index contributed by atoms with van der Waals surface area (Å²) in [6.07, 6.45) is 1.63. The summed E-state index contributed by atoms with van der Waals surface area (Å²) in [5.74, 6) is 0.709. The smallest absolute Gasteiger partial charge is 0.127 e. The highest BCUT2D eigenvalue weighted by Crippen LogP contribution is 2.06. The molecule has 0 spiro atoms. The standard InChI is InChI=1S/C11H11N5S/c12-11(17)9-4-1-5-10(15-9)13-7-8-3-2-6-14-16-8/h1-6H,7H2,(H2,12,17)(H,13,15). The molecule has 0 saturated heterocycles. The average Bonchev–Trinajstić information content (AvgIpc) is 2.38. The van der Waals surface area contributed by atoms with Crippen LogP contribution in [0.15, 0.2) is 36.5 Å². The van der Waals surface area contributed by atoms with E-state index in [1.807, 2.05) is 24.3 Å². The van der Waals surface area contributed by atoms with Gasteiger partial charge in [0.1, 0.15) is 10.8 Å². The molecule has 0 fully saturated rings. The third kappa shape index (κ3) is 3.18. The predicted molar refractivity (Wildman–Crippen MR) is 69.5 cm³/mol. The van der Waals surface area contributed by atoms with Crippen LogP contribution in [0, 0.1) is 0 Å². The SMILES string of the molecule is NC(=S)c1cccc(NCc2cccnn2)n1. The van der Waals surface area contributed by atoms with Gasteiger partial charge in [-0.25, -0.2) is 4.98 Å². The summed E-state index contributed by atoms with van der Waals surface area (Å²) < 4.78 is 0. The van der Waals surface area contributed by atoms with E-state index >= 15 is 0 Å². The van der Waals surface area contributed by atoms with E-state index < -0.39 is 0 Å². The maximum atomic E-state index is 5.51. The van der Waals surface area contributed by atoms with Crippen LogP contribution in [-0.2, 0) is 6.54 Å². The van der Waals surface area contributed by atoms with Gasteiger partial charge < -0.3 is 11.1 Å². The maximum absolute atomic E-state index is 5.51. The first-order chi connectivity index (χ1) is 8.25. The van der Waals surface area contributed by atoms with Gasteiger partial charge in [-0.1, -0.05) is 18.3 Å². The Bertz CT molecular complexity index is 514. The van der Waals surface area contributed by atoms with Gasteiger partial charge in [0, 0.05) is 6.20 Å². The van der Waals surface area contributed by atoms with Gasteiger partial charge in [-0.05, 0) is 24.3 Å². The van der Waals surface area contributed by atoms with Crippen LogP contribution in [-0.4, -0.2) is 20.2 Å². The van der Waals surface area contributed by atoms with Crippen LogP contribution in [0.3, 0.4) is 0 Å². The van der Waals surface area contributed by atoms with Crippen molar-refractivity contribution >= 4 is 23.0 Å². The fraction of sp³-hybridized carbons (Fsp3) is 0.0909. The second-order valence-electron chi connectivity index (χ2n) is 3.34. The van der Waals surface area contributed by atoms with Crippen molar-refractivity contribution < 1.29 is 0 Å². The Morgan fingerprint density at radius 1 is 1.29 bits per heavy atom. The molecule has 2 aromatic rings. The lowest BCUT2D eigenvalue weighted by Gasteiger charge is -2.05. The molecule has 0 unspecified atom stereocenters. The third-order valence-corrected chi connectivity index (χ3v) is 2.29. The first-order valence-corrected chi connectivity index (χ1v) is 5.44. The van der Waals surface area contributed by atoms with Gasteiger partial charge in [0.25, 0.3) is 0 Å². The number of hydrogen-bond acceptors (Lipinski definition) is 5. The minimum atomic E-state index is 0.285. The van der Waals surface area contributed by atoms with Gasteiger partial charge in [-0.2, -0.15) is 10.2 Å². The van der Waals surface area contributed by atoms with Crippen molar-refractivity contribution in [2.45, 2.75) is 6.54 Å². The normalized spacial score (nSPS) is 9.88. The summed E-state index contributed by atoms with van der Waals surface area (Å²) in [7, 11) is 0. The number of nitrogens with two attached hydrogens (primary N) is 1. The largest absolute Gasteiger partial charge is 0.388 e. The fourth-order valence-electron chi connectivity index (χ4n) is 1.28. The maximum Gasteiger partial charge on any atom is 0.127 e. The van der Waals surface area contributed by atoms with E-state index in [-0.39, 0.29) is 4.99 Å². The molecule has 0 aliphatic heterocycles. The summed E-state index contributed by atoms with van der Waals surface area (Å²) in [5, 5.41) is 10.9. The second-order valence-corrected chi connectivity index (χ2v) is 3.78. The van der Waals surface area contributed by atoms with Gasteiger partial charge in [0.15, 0.2) is 0 Å². The van der Waals surface area contributed by atoms with Crippen LogP contribution in [0.5, 0.6) is 0 Å². The molecule has 0 aliphatic rings. The minimum Gasteiger partial charge on any atom is -0.388 e. The van der Waals surface area contributed by atoms with Gasteiger partial charge in [-0.15, -0.1) is 0 Å². The van der Waals surface area contributed by atoms with E-state index in [4.69, 9.17) is 18.0 Å². The minimum absolute atomic E-state index is 0.285. The van der Waals surface area contributed by atoms with Crippen LogP contribution in [0.2, 0.25) is 0 Å². The predicted octanol–water partition coefficient (Wildman–Crippen LogP) is 1.12. The summed E-state index contributed by atoms with van der Waals surface area (Å²) in [6.45, 7) is 0.557. The number of pyridine rings is 1. The van der Waals surface area contributed by atoms with E-state index in [0.29, 0.717) is 18.1 Å². The zero-order valence-electron chi connectivity index (χ0n) is 9.00. The van der Waals surface area contributed by atoms with Crippen molar-refractivity contribution in [3.63, 3.8) is 0 Å². The van der Waals surface area contributed by atoms with E-state index in [2.05, 4.69) is 20.5 Å². The van der Waals surface area contributed by atoms with E-state index in [1.165, 1.54) is 0 Å². The number of nitrogens with zero attached hydrogens (tertiary/aromatic N) is 3. The fourth-order valence-corrected chi connectivity index (χ4v) is 1.39. The van der Waals surface area contributed by atoms with Crippen molar-refractivity contribution in [3.05, 3.63) is 47.9 Å². The molecule has 0 radical (unpaired) electrons. The molecule has 0 bridgehead atoms. The summed E-state index contributed by atoms with van der Waals surface area (Å²) in [6, 6.07) is 9.19. The average molecular weight is 245 g/mol. The van der Waals surface area contributed by atoms with Crippen molar-refractivity contribution in [1.29, 1.82) is 0 Å². The molecular formula is C11H11N5S. The molecule has 0 aromatic carbocycles. The Kier molecular flexibility index (Phi) is 3.56. The van der Waals surface area contributed by atoms with Crippen LogP contribution in [0.25, 0.3) is 0 Å². The highest BCUT2D eigenvalue weighted by Gasteiger charge is 2.00. The highest BCUT2D eigenvalue weighted by molar-refractivity contribution is 7.80. The first-order valence-electron chi connectivity index (χ1n) is 5.03. The molecule has 0 amide bonds. The van der Waals surface area contributed by atoms with Crippen LogP contribution in [0.4, 0.5) is 5.82 Å². The van der Waals surface area contributed by atoms with Gasteiger partial charge in [-0.3, -0.25) is 0 Å². The van der Waals surface area contributed by atoms with Gasteiger partial charge in [0.2, 0.25) is 0 Å². The molecule has 3 N–H and O–H groups in total. The Hall–Kier alpha value is -2.08. The Balaban J connectivity index is 2.04. The summed E-state index contributed by atoms with van der Waals surface area (Å²) in [5.41, 5.74) is 6.95. The quantitative estimate of drug-likeness (QED) is 0.786. The number of anilines is 1. The number of nitrogens with one attached hydrogen (secondary N) is 1. The van der Waals surface area contributed by atoms with Crippen molar-refractivity contribution in [2.24, 2.45) is 5.73 Å². The third-order valence-electron chi connectivity index (χ3n) is 2.08. The molecule has 2 rings (SSSR count). The Morgan fingerprint density at radius 2 is 2.18 bits per heavy atom. The second kappa shape index (κ2) is 5.31. The van der Waals surface area contributed by atoms with Crippen LogP contribution in [0.1, 0.15) is 11.4 Å². The monoisotopic (exact) mass is 245 g/mol. The molecule has 17 heavy (non-hydrogen) atoms. The highest BCUT2D eigenvalue weighted by atomic mass is 32.1. The number of rotatable bonds is 4. The molecule has 0 atom stereocenters. The molecular weight excluding hydrogens is 234 g/mol. The number of thiocarbonyl (C=S) groups is 1.